The fraction of sp³-hybridized carbons (Fsp3) is 0.143. The monoisotopic (exact) mass is 450 g/mol. The Morgan fingerprint density at radius 1 is 0.400 bits per heavy atom. The van der Waals surface area contributed by atoms with E-state index < -0.39 is 0 Å². The fourth-order valence-electron chi connectivity index (χ4n) is 6.32. The summed E-state index contributed by atoms with van der Waals surface area (Å²) in [6.07, 6.45) is 0. The third kappa shape index (κ3) is 3.06. The van der Waals surface area contributed by atoms with E-state index in [2.05, 4.69) is 137 Å². The Kier molecular flexibility index (Phi) is 5.00. The first-order valence-corrected chi connectivity index (χ1v) is 12.5. The van der Waals surface area contributed by atoms with Crippen molar-refractivity contribution in [3.63, 3.8) is 0 Å². The highest BCUT2D eigenvalue weighted by molar-refractivity contribution is 5.88. The number of fused-ring (bicyclic) bond motifs is 3. The summed E-state index contributed by atoms with van der Waals surface area (Å²) in [5, 5.41) is 0. The molecular weight excluding hydrogens is 420 g/mol. The second-order valence-electron chi connectivity index (χ2n) is 9.95. The maximum absolute atomic E-state index is 2.42. The van der Waals surface area contributed by atoms with Crippen LogP contribution in [0.15, 0.2) is 109 Å². The highest BCUT2D eigenvalue weighted by Gasteiger charge is 2.47. The summed E-state index contributed by atoms with van der Waals surface area (Å²) in [5.41, 5.74) is 15.7. The van der Waals surface area contributed by atoms with Gasteiger partial charge in [-0.25, -0.2) is 0 Å². The zero-order valence-corrected chi connectivity index (χ0v) is 20.9. The Morgan fingerprint density at radius 3 is 1.71 bits per heavy atom. The molecule has 170 valence electrons. The molecule has 35 heavy (non-hydrogen) atoms. The van der Waals surface area contributed by atoms with Gasteiger partial charge in [0.1, 0.15) is 0 Å². The molecule has 0 N–H and O–H groups in total. The van der Waals surface area contributed by atoms with Gasteiger partial charge in [0, 0.05) is 0 Å². The quantitative estimate of drug-likeness (QED) is 0.252. The van der Waals surface area contributed by atoms with Gasteiger partial charge in [-0.3, -0.25) is 0 Å². The molecule has 5 aromatic rings. The normalized spacial score (nSPS) is 16.1. The molecule has 0 amide bonds. The van der Waals surface area contributed by atoms with E-state index in [1.54, 1.807) is 0 Å². The Bertz CT molecular complexity index is 1590. The van der Waals surface area contributed by atoms with E-state index in [9.17, 15) is 0 Å². The summed E-state index contributed by atoms with van der Waals surface area (Å²) >= 11 is 0. The van der Waals surface area contributed by atoms with Crippen molar-refractivity contribution in [2.45, 2.75) is 33.1 Å². The van der Waals surface area contributed by atoms with E-state index in [0.29, 0.717) is 0 Å². The van der Waals surface area contributed by atoms with Gasteiger partial charge in [0.05, 0.1) is 5.41 Å². The van der Waals surface area contributed by atoms with E-state index in [1.165, 1.54) is 66.8 Å². The number of benzene rings is 5. The fourth-order valence-corrected chi connectivity index (χ4v) is 6.32. The molecule has 1 unspecified atom stereocenters. The van der Waals surface area contributed by atoms with Gasteiger partial charge in [0.25, 0.3) is 0 Å². The van der Waals surface area contributed by atoms with Crippen molar-refractivity contribution in [3.05, 3.63) is 154 Å². The van der Waals surface area contributed by atoms with Gasteiger partial charge in [0.2, 0.25) is 0 Å². The SMILES string of the molecule is Cc1ccc2c(c1)C(c1ccccc1C)(c1cccc(-c3ccccc3C)c1C)c1ccccc1-2. The zero-order chi connectivity index (χ0) is 24.2. The highest BCUT2D eigenvalue weighted by Crippen LogP contribution is 2.58. The molecule has 0 radical (unpaired) electrons. The predicted molar refractivity (Wildman–Crippen MR) is 148 cm³/mol. The Hall–Kier alpha value is -3.90. The second-order valence-corrected chi connectivity index (χ2v) is 9.95. The summed E-state index contributed by atoms with van der Waals surface area (Å²) in [5.74, 6) is 0. The van der Waals surface area contributed by atoms with Crippen LogP contribution in [-0.2, 0) is 5.41 Å². The van der Waals surface area contributed by atoms with Crippen LogP contribution in [0.3, 0.4) is 0 Å². The predicted octanol–water partition coefficient (Wildman–Crippen LogP) is 8.95. The first-order valence-electron chi connectivity index (χ1n) is 12.5. The molecule has 1 atom stereocenters. The van der Waals surface area contributed by atoms with Gasteiger partial charge in [-0.1, -0.05) is 115 Å². The summed E-state index contributed by atoms with van der Waals surface area (Å²) < 4.78 is 0. The molecule has 0 heteroatoms. The van der Waals surface area contributed by atoms with Gasteiger partial charge < -0.3 is 0 Å². The summed E-state index contributed by atoms with van der Waals surface area (Å²) in [7, 11) is 0. The number of aryl methyl sites for hydroxylation is 3. The molecule has 5 aromatic carbocycles. The average Bonchev–Trinajstić information content (AvgIpc) is 3.15. The lowest BCUT2D eigenvalue weighted by atomic mass is 9.64. The lowest BCUT2D eigenvalue weighted by Crippen LogP contribution is -2.30. The van der Waals surface area contributed by atoms with Crippen molar-refractivity contribution in [3.8, 4) is 22.3 Å². The van der Waals surface area contributed by atoms with Crippen LogP contribution in [0.5, 0.6) is 0 Å². The third-order valence-electron chi connectivity index (χ3n) is 7.92. The number of rotatable bonds is 3. The minimum atomic E-state index is -0.369. The molecule has 0 saturated carbocycles. The van der Waals surface area contributed by atoms with Crippen molar-refractivity contribution in [2.24, 2.45) is 0 Å². The summed E-state index contributed by atoms with van der Waals surface area (Å²) in [6.45, 7) is 8.99. The Labute approximate surface area is 208 Å². The smallest absolute Gasteiger partial charge is 0.0620 e. The molecule has 0 aliphatic heterocycles. The lowest BCUT2D eigenvalue weighted by molar-refractivity contribution is 0.753. The minimum Gasteiger partial charge on any atom is -0.0620 e. The minimum absolute atomic E-state index is 0.369. The maximum atomic E-state index is 2.42. The van der Waals surface area contributed by atoms with Gasteiger partial charge in [0.15, 0.2) is 0 Å². The Morgan fingerprint density at radius 2 is 0.971 bits per heavy atom. The maximum Gasteiger partial charge on any atom is 0.0718 e. The largest absolute Gasteiger partial charge is 0.0718 e. The molecule has 0 spiro atoms. The molecule has 0 nitrogen and oxygen atoms in total. The van der Waals surface area contributed by atoms with Crippen molar-refractivity contribution in [1.82, 2.24) is 0 Å². The zero-order valence-electron chi connectivity index (χ0n) is 20.9. The van der Waals surface area contributed by atoms with E-state index in [0.717, 1.165) is 0 Å². The topological polar surface area (TPSA) is 0 Å². The van der Waals surface area contributed by atoms with Crippen molar-refractivity contribution in [2.75, 3.05) is 0 Å². The van der Waals surface area contributed by atoms with E-state index >= 15 is 0 Å². The van der Waals surface area contributed by atoms with Crippen molar-refractivity contribution in [1.29, 1.82) is 0 Å². The highest BCUT2D eigenvalue weighted by atomic mass is 14.5. The number of hydrogen-bond donors (Lipinski definition) is 0. The van der Waals surface area contributed by atoms with Crippen molar-refractivity contribution >= 4 is 0 Å². The van der Waals surface area contributed by atoms with E-state index in [-0.39, 0.29) is 5.41 Å². The average molecular weight is 451 g/mol. The van der Waals surface area contributed by atoms with Crippen LogP contribution in [0.4, 0.5) is 0 Å². The standard InChI is InChI=1S/C35H30/c1-23-20-21-30-29-15-8-10-18-33(29)35(34(30)22-23,31-17-9-6-13-25(31)3)32-19-11-16-28(26(32)4)27-14-7-5-12-24(27)2/h5-22H,1-4H3. The molecular formula is C35H30. The van der Waals surface area contributed by atoms with Crippen LogP contribution in [-0.4, -0.2) is 0 Å². The van der Waals surface area contributed by atoms with Crippen LogP contribution in [0.25, 0.3) is 22.3 Å². The van der Waals surface area contributed by atoms with Crippen LogP contribution in [0.2, 0.25) is 0 Å². The van der Waals surface area contributed by atoms with Gasteiger partial charge in [-0.05, 0) is 88.9 Å². The van der Waals surface area contributed by atoms with Gasteiger partial charge >= 0.3 is 0 Å². The first-order chi connectivity index (χ1) is 17.0. The van der Waals surface area contributed by atoms with E-state index in [4.69, 9.17) is 0 Å². The lowest BCUT2D eigenvalue weighted by Gasteiger charge is -2.37. The van der Waals surface area contributed by atoms with E-state index in [1.807, 2.05) is 0 Å². The number of hydrogen-bond acceptors (Lipinski definition) is 0. The first kappa shape index (κ1) is 21.6. The molecule has 1 aliphatic rings. The molecule has 0 bridgehead atoms. The van der Waals surface area contributed by atoms with Crippen LogP contribution in [0, 0.1) is 27.7 Å². The molecule has 6 rings (SSSR count). The van der Waals surface area contributed by atoms with Gasteiger partial charge in [-0.2, -0.15) is 0 Å². The molecule has 0 saturated heterocycles. The molecule has 0 fully saturated rings. The van der Waals surface area contributed by atoms with Crippen molar-refractivity contribution < 1.29 is 0 Å². The molecule has 1 aliphatic carbocycles. The van der Waals surface area contributed by atoms with Crippen LogP contribution >= 0.6 is 0 Å². The van der Waals surface area contributed by atoms with Crippen LogP contribution < -0.4 is 0 Å². The van der Waals surface area contributed by atoms with Crippen LogP contribution in [0.1, 0.15) is 44.5 Å². The molecule has 0 aromatic heterocycles. The molecule has 0 heterocycles. The second kappa shape index (κ2) is 8.10. The summed E-state index contributed by atoms with van der Waals surface area (Å²) in [6, 6.07) is 40.6. The Balaban J connectivity index is 1.79. The van der Waals surface area contributed by atoms with Gasteiger partial charge in [-0.15, -0.1) is 0 Å². The summed E-state index contributed by atoms with van der Waals surface area (Å²) in [4.78, 5) is 0. The third-order valence-corrected chi connectivity index (χ3v) is 7.92.